The molecule has 2 aromatic heterocycles. The Bertz CT molecular complexity index is 1040. The van der Waals surface area contributed by atoms with Crippen molar-refractivity contribution in [1.82, 2.24) is 19.7 Å². The second-order valence-corrected chi connectivity index (χ2v) is 5.99. The molecule has 9 nitrogen and oxygen atoms in total. The minimum Gasteiger partial charge on any atom is -0.390 e. The second-order valence-electron chi connectivity index (χ2n) is 5.58. The number of hydrogen-bond acceptors (Lipinski definition) is 7. The molecule has 0 aliphatic heterocycles. The molecule has 0 bridgehead atoms. The van der Waals surface area contributed by atoms with Gasteiger partial charge in [-0.05, 0) is 6.07 Å². The molecular weight excluding hydrogens is 389 g/mol. The number of aliphatic hydroxyl groups is 1. The van der Waals surface area contributed by atoms with Crippen LogP contribution in [-0.4, -0.2) is 43.1 Å². The number of nitrogens with one attached hydrogen (secondary N) is 1. The smallest absolute Gasteiger partial charge is 0.239 e. The summed E-state index contributed by atoms with van der Waals surface area (Å²) in [4.78, 5) is 23.3. The molecule has 1 aromatic carbocycles. The third-order valence-electron chi connectivity index (χ3n) is 3.51. The van der Waals surface area contributed by atoms with E-state index in [2.05, 4.69) is 25.4 Å². The number of aromatic nitrogens is 4. The van der Waals surface area contributed by atoms with Gasteiger partial charge in [-0.2, -0.15) is 10.1 Å². The Labute approximate surface area is 163 Å². The van der Waals surface area contributed by atoms with Crippen molar-refractivity contribution in [2.75, 3.05) is 11.9 Å². The SMILES string of the molecule is NC(=O)Cn1cc(Nc2ncc(Cl)c(N=C(CO)c3ccccc3F)n2)cn1. The highest BCUT2D eigenvalue weighted by atomic mass is 35.5. The molecule has 0 saturated heterocycles. The van der Waals surface area contributed by atoms with E-state index in [1.807, 2.05) is 0 Å². The van der Waals surface area contributed by atoms with Crippen LogP contribution in [0, 0.1) is 5.82 Å². The number of carbonyl (C=O) groups is 1. The zero-order valence-corrected chi connectivity index (χ0v) is 15.1. The molecule has 0 saturated carbocycles. The summed E-state index contributed by atoms with van der Waals surface area (Å²) < 4.78 is 15.3. The lowest BCUT2D eigenvalue weighted by molar-refractivity contribution is -0.118. The fourth-order valence-electron chi connectivity index (χ4n) is 2.30. The highest BCUT2D eigenvalue weighted by Crippen LogP contribution is 2.25. The fourth-order valence-corrected chi connectivity index (χ4v) is 2.44. The number of carbonyl (C=O) groups excluding carboxylic acids is 1. The molecule has 0 spiro atoms. The molecule has 3 rings (SSSR count). The molecule has 144 valence electrons. The summed E-state index contributed by atoms with van der Waals surface area (Å²) in [5.74, 6) is -0.858. The van der Waals surface area contributed by atoms with Crippen LogP contribution >= 0.6 is 11.6 Å². The van der Waals surface area contributed by atoms with E-state index in [0.717, 1.165) is 0 Å². The molecule has 4 N–H and O–H groups in total. The number of halogens is 2. The van der Waals surface area contributed by atoms with Gasteiger partial charge in [0.05, 0.1) is 30.4 Å². The Hall–Kier alpha value is -3.37. The van der Waals surface area contributed by atoms with Gasteiger partial charge in [0.1, 0.15) is 17.4 Å². The molecule has 0 fully saturated rings. The van der Waals surface area contributed by atoms with E-state index in [-0.39, 0.29) is 34.6 Å². The Morgan fingerprint density at radius 2 is 2.14 bits per heavy atom. The van der Waals surface area contributed by atoms with Crippen molar-refractivity contribution in [3.8, 4) is 0 Å². The van der Waals surface area contributed by atoms with Gasteiger partial charge in [-0.15, -0.1) is 0 Å². The summed E-state index contributed by atoms with van der Waals surface area (Å²) in [6.45, 7) is -0.578. The minimum absolute atomic E-state index is 0.0518. The number of aliphatic imine (C=N–C) groups is 1. The molecule has 11 heteroatoms. The standard InChI is InChI=1S/C17H15ClFN7O2/c18-12-6-21-17(23-10-5-22-26(7-10)8-15(20)28)25-16(12)24-14(9-27)11-3-1-2-4-13(11)19/h1-7,27H,8-9H2,(H2,20,28)(H,21,23,25). The third-order valence-corrected chi connectivity index (χ3v) is 3.77. The lowest BCUT2D eigenvalue weighted by Crippen LogP contribution is -2.18. The summed E-state index contributed by atoms with van der Waals surface area (Å²) in [5.41, 5.74) is 5.84. The summed E-state index contributed by atoms with van der Waals surface area (Å²) in [6.07, 6.45) is 4.33. The lowest BCUT2D eigenvalue weighted by Gasteiger charge is -2.07. The molecule has 28 heavy (non-hydrogen) atoms. The van der Waals surface area contributed by atoms with Gasteiger partial charge in [0.15, 0.2) is 5.82 Å². The van der Waals surface area contributed by atoms with Crippen LogP contribution in [0.25, 0.3) is 0 Å². The topological polar surface area (TPSA) is 131 Å². The van der Waals surface area contributed by atoms with E-state index in [0.29, 0.717) is 5.69 Å². The minimum atomic E-state index is -0.529. The van der Waals surface area contributed by atoms with Gasteiger partial charge in [0, 0.05) is 11.8 Å². The number of benzene rings is 1. The van der Waals surface area contributed by atoms with Crippen LogP contribution in [0.1, 0.15) is 5.56 Å². The number of rotatable bonds is 7. The summed E-state index contributed by atoms with van der Waals surface area (Å²) >= 11 is 6.09. The van der Waals surface area contributed by atoms with E-state index >= 15 is 0 Å². The summed E-state index contributed by atoms with van der Waals surface area (Å²) in [5, 5.41) is 16.6. The number of aliphatic hydroxyl groups excluding tert-OH is 1. The monoisotopic (exact) mass is 403 g/mol. The van der Waals surface area contributed by atoms with Crippen LogP contribution in [0.2, 0.25) is 5.02 Å². The maximum Gasteiger partial charge on any atom is 0.239 e. The van der Waals surface area contributed by atoms with Gasteiger partial charge in [-0.1, -0.05) is 29.8 Å². The zero-order valence-electron chi connectivity index (χ0n) is 14.4. The first-order chi connectivity index (χ1) is 13.5. The van der Waals surface area contributed by atoms with Gasteiger partial charge in [0.25, 0.3) is 0 Å². The Kier molecular flexibility index (Phi) is 5.92. The predicted octanol–water partition coefficient (Wildman–Crippen LogP) is 1.81. The Morgan fingerprint density at radius 3 is 2.86 bits per heavy atom. The Balaban J connectivity index is 1.88. The maximum absolute atomic E-state index is 14.0. The number of hydrogen-bond donors (Lipinski definition) is 3. The van der Waals surface area contributed by atoms with Crippen LogP contribution in [-0.2, 0) is 11.3 Å². The largest absolute Gasteiger partial charge is 0.390 e. The van der Waals surface area contributed by atoms with Gasteiger partial charge >= 0.3 is 0 Å². The molecule has 2 heterocycles. The number of amides is 1. The van der Waals surface area contributed by atoms with E-state index < -0.39 is 18.3 Å². The number of anilines is 2. The number of nitrogens with two attached hydrogens (primary N) is 1. The van der Waals surface area contributed by atoms with E-state index in [4.69, 9.17) is 17.3 Å². The van der Waals surface area contributed by atoms with Crippen molar-refractivity contribution in [2.45, 2.75) is 6.54 Å². The van der Waals surface area contributed by atoms with E-state index in [9.17, 15) is 14.3 Å². The quantitative estimate of drug-likeness (QED) is 0.515. The second kappa shape index (κ2) is 8.55. The predicted molar refractivity (Wildman–Crippen MR) is 101 cm³/mol. The van der Waals surface area contributed by atoms with Crippen molar-refractivity contribution in [3.05, 3.63) is 59.3 Å². The average molecular weight is 404 g/mol. The molecule has 0 atom stereocenters. The first-order valence-corrected chi connectivity index (χ1v) is 8.37. The molecule has 0 radical (unpaired) electrons. The average Bonchev–Trinajstić information content (AvgIpc) is 3.09. The van der Waals surface area contributed by atoms with Crippen molar-refractivity contribution in [3.63, 3.8) is 0 Å². The van der Waals surface area contributed by atoms with Crippen LogP contribution in [0.4, 0.5) is 21.8 Å². The van der Waals surface area contributed by atoms with Crippen molar-refractivity contribution in [2.24, 2.45) is 10.7 Å². The van der Waals surface area contributed by atoms with Crippen LogP contribution in [0.5, 0.6) is 0 Å². The van der Waals surface area contributed by atoms with Crippen LogP contribution in [0.15, 0.2) is 47.8 Å². The first-order valence-electron chi connectivity index (χ1n) is 8.00. The van der Waals surface area contributed by atoms with Crippen molar-refractivity contribution < 1.29 is 14.3 Å². The molecular formula is C17H15ClFN7O2. The zero-order chi connectivity index (χ0) is 20.1. The van der Waals surface area contributed by atoms with E-state index in [1.54, 1.807) is 12.3 Å². The van der Waals surface area contributed by atoms with Gasteiger partial charge in [-0.25, -0.2) is 14.4 Å². The van der Waals surface area contributed by atoms with Crippen LogP contribution < -0.4 is 11.1 Å². The highest BCUT2D eigenvalue weighted by Gasteiger charge is 2.12. The number of primary amides is 1. The molecule has 0 aliphatic carbocycles. The molecule has 0 aliphatic rings. The normalized spacial score (nSPS) is 11.5. The highest BCUT2D eigenvalue weighted by molar-refractivity contribution is 6.32. The van der Waals surface area contributed by atoms with E-state index in [1.165, 1.54) is 35.3 Å². The molecule has 0 unspecified atom stereocenters. The van der Waals surface area contributed by atoms with Crippen molar-refractivity contribution in [1.29, 1.82) is 0 Å². The lowest BCUT2D eigenvalue weighted by atomic mass is 10.1. The Morgan fingerprint density at radius 1 is 1.36 bits per heavy atom. The number of nitrogens with zero attached hydrogens (tertiary/aromatic N) is 5. The molecule has 1 amide bonds. The van der Waals surface area contributed by atoms with Gasteiger partial charge in [-0.3, -0.25) is 9.48 Å². The molecule has 3 aromatic rings. The third kappa shape index (κ3) is 4.67. The first kappa shape index (κ1) is 19.4. The van der Waals surface area contributed by atoms with Gasteiger partial charge in [0.2, 0.25) is 11.9 Å². The van der Waals surface area contributed by atoms with Crippen LogP contribution in [0.3, 0.4) is 0 Å². The summed E-state index contributed by atoms with van der Waals surface area (Å²) in [6, 6.07) is 5.92. The van der Waals surface area contributed by atoms with Crippen molar-refractivity contribution >= 4 is 40.7 Å². The maximum atomic E-state index is 14.0. The summed E-state index contributed by atoms with van der Waals surface area (Å²) in [7, 11) is 0. The van der Waals surface area contributed by atoms with Gasteiger partial charge < -0.3 is 16.2 Å². The fraction of sp³-hybridized carbons (Fsp3) is 0.118.